The Hall–Kier alpha value is -2.87. The van der Waals surface area contributed by atoms with E-state index in [1.165, 1.54) is 6.92 Å². The number of ether oxygens (including phenoxy) is 1. The molecule has 0 aliphatic carbocycles. The molecular weight excluding hydrogens is 392 g/mol. The van der Waals surface area contributed by atoms with E-state index in [1.54, 1.807) is 55.5 Å². The van der Waals surface area contributed by atoms with Crippen LogP contribution in [0.25, 0.3) is 0 Å². The van der Waals surface area contributed by atoms with Crippen LogP contribution in [0.3, 0.4) is 0 Å². The average molecular weight is 419 g/mol. The number of hydrogen-bond donors (Lipinski definition) is 1. The largest absolute Gasteiger partial charge is 0.494 e. The van der Waals surface area contributed by atoms with Crippen LogP contribution in [-0.2, 0) is 14.8 Å². The third-order valence-electron chi connectivity index (χ3n) is 4.27. The highest BCUT2D eigenvalue weighted by molar-refractivity contribution is 7.92. The Morgan fingerprint density at radius 3 is 2.28 bits per heavy atom. The summed E-state index contributed by atoms with van der Waals surface area (Å²) in [6, 6.07) is 12.1. The maximum Gasteiger partial charge on any atom is 0.248 e. The predicted octanol–water partition coefficient (Wildman–Crippen LogP) is 3.47. The van der Waals surface area contributed by atoms with Crippen molar-refractivity contribution in [3.8, 4) is 5.75 Å². The maximum atomic E-state index is 12.9. The summed E-state index contributed by atoms with van der Waals surface area (Å²) in [6.45, 7) is 5.53. The van der Waals surface area contributed by atoms with Crippen LogP contribution in [0.2, 0.25) is 0 Å². The lowest BCUT2D eigenvalue weighted by Gasteiger charge is -2.30. The van der Waals surface area contributed by atoms with Crippen LogP contribution in [0.5, 0.6) is 5.75 Å². The van der Waals surface area contributed by atoms with E-state index in [1.807, 2.05) is 6.92 Å². The number of hydrogen-bond acceptors (Lipinski definition) is 5. The zero-order valence-electron chi connectivity index (χ0n) is 17.0. The van der Waals surface area contributed by atoms with Crippen LogP contribution < -0.4 is 14.4 Å². The van der Waals surface area contributed by atoms with E-state index in [-0.39, 0.29) is 12.2 Å². The normalized spacial score (nSPS) is 12.1. The Morgan fingerprint density at radius 1 is 1.10 bits per heavy atom. The van der Waals surface area contributed by atoms with Crippen molar-refractivity contribution < 1.29 is 22.7 Å². The van der Waals surface area contributed by atoms with Crippen molar-refractivity contribution in [3.05, 3.63) is 54.1 Å². The first-order valence-electron chi connectivity index (χ1n) is 9.31. The van der Waals surface area contributed by atoms with Crippen LogP contribution in [0.4, 0.5) is 11.4 Å². The summed E-state index contributed by atoms with van der Waals surface area (Å²) < 4.78 is 31.5. The van der Waals surface area contributed by atoms with Crippen molar-refractivity contribution in [2.24, 2.45) is 0 Å². The van der Waals surface area contributed by atoms with Gasteiger partial charge in [-0.25, -0.2) is 8.42 Å². The molecule has 0 heterocycles. The minimum absolute atomic E-state index is 0.125. The monoisotopic (exact) mass is 418 g/mol. The molecule has 0 aliphatic rings. The summed E-state index contributed by atoms with van der Waals surface area (Å²) in [7, 11) is -3.74. The maximum absolute atomic E-state index is 12.9. The third kappa shape index (κ3) is 5.80. The SMILES string of the molecule is CCOc1ccc(N([C@H](CC)C(=O)Nc2cccc(C(C)=O)c2)S(C)(=O)=O)cc1. The second-order valence-corrected chi connectivity index (χ2v) is 8.40. The smallest absolute Gasteiger partial charge is 0.248 e. The van der Waals surface area contributed by atoms with Gasteiger partial charge in [0, 0.05) is 11.3 Å². The number of ketones is 1. The molecule has 0 aromatic heterocycles. The number of anilines is 2. The molecule has 7 nitrogen and oxygen atoms in total. The van der Waals surface area contributed by atoms with E-state index < -0.39 is 22.0 Å². The second-order valence-electron chi connectivity index (χ2n) is 6.54. The van der Waals surface area contributed by atoms with E-state index >= 15 is 0 Å². The molecule has 156 valence electrons. The van der Waals surface area contributed by atoms with Gasteiger partial charge >= 0.3 is 0 Å². The van der Waals surface area contributed by atoms with Crippen LogP contribution in [-0.4, -0.2) is 39.0 Å². The van der Waals surface area contributed by atoms with Gasteiger partial charge in [-0.2, -0.15) is 0 Å². The summed E-state index contributed by atoms with van der Waals surface area (Å²) in [4.78, 5) is 24.5. The van der Waals surface area contributed by atoms with Gasteiger partial charge in [0.05, 0.1) is 18.6 Å². The molecule has 8 heteroatoms. The van der Waals surface area contributed by atoms with E-state index in [0.717, 1.165) is 10.6 Å². The minimum Gasteiger partial charge on any atom is -0.494 e. The summed E-state index contributed by atoms with van der Waals surface area (Å²) in [5.41, 5.74) is 1.26. The number of Topliss-reactive ketones (excluding diaryl/α,β-unsaturated/α-hetero) is 1. The molecule has 29 heavy (non-hydrogen) atoms. The van der Waals surface area contributed by atoms with E-state index in [2.05, 4.69) is 5.32 Å². The molecule has 2 aromatic rings. The summed E-state index contributed by atoms with van der Waals surface area (Å²) in [5.74, 6) is 0.0102. The molecule has 0 bridgehead atoms. The highest BCUT2D eigenvalue weighted by Crippen LogP contribution is 2.26. The van der Waals surface area contributed by atoms with E-state index in [9.17, 15) is 18.0 Å². The van der Waals surface area contributed by atoms with E-state index in [4.69, 9.17) is 4.74 Å². The fourth-order valence-corrected chi connectivity index (χ4v) is 4.17. The zero-order valence-corrected chi connectivity index (χ0v) is 17.8. The molecule has 0 saturated heterocycles. The molecule has 0 fully saturated rings. The standard InChI is InChI=1S/C21H26N2O5S/c1-5-20(21(25)22-17-9-7-8-16(14-17)15(3)24)23(29(4,26)27)18-10-12-19(13-11-18)28-6-2/h7-14,20H,5-6H2,1-4H3,(H,22,25)/t20-/m1/s1. The molecule has 0 radical (unpaired) electrons. The number of benzene rings is 2. The van der Waals surface area contributed by atoms with Crippen molar-refractivity contribution in [3.63, 3.8) is 0 Å². The predicted molar refractivity (Wildman–Crippen MR) is 114 cm³/mol. The summed E-state index contributed by atoms with van der Waals surface area (Å²) in [5, 5.41) is 2.72. The molecule has 2 aromatic carbocycles. The van der Waals surface area contributed by atoms with Gasteiger partial charge in [0.2, 0.25) is 15.9 Å². The number of carbonyl (C=O) groups excluding carboxylic acids is 2. The lowest BCUT2D eigenvalue weighted by Crippen LogP contribution is -2.47. The topological polar surface area (TPSA) is 92.8 Å². The second kappa shape index (κ2) is 9.56. The first-order chi connectivity index (χ1) is 13.7. The van der Waals surface area contributed by atoms with Crippen molar-refractivity contribution in [2.45, 2.75) is 33.2 Å². The summed E-state index contributed by atoms with van der Waals surface area (Å²) in [6.07, 6.45) is 1.33. The fourth-order valence-electron chi connectivity index (χ4n) is 2.96. The molecule has 0 spiro atoms. The Morgan fingerprint density at radius 2 is 1.76 bits per heavy atom. The van der Waals surface area contributed by atoms with Gasteiger partial charge in [0.1, 0.15) is 11.8 Å². The lowest BCUT2D eigenvalue weighted by molar-refractivity contribution is -0.117. The van der Waals surface area contributed by atoms with Gasteiger partial charge in [0.25, 0.3) is 0 Å². The number of sulfonamides is 1. The van der Waals surface area contributed by atoms with Gasteiger partial charge < -0.3 is 10.1 Å². The van der Waals surface area contributed by atoms with Crippen LogP contribution in [0.15, 0.2) is 48.5 Å². The molecule has 1 amide bonds. The van der Waals surface area contributed by atoms with Gasteiger partial charge in [0.15, 0.2) is 5.78 Å². The minimum atomic E-state index is -3.74. The quantitative estimate of drug-likeness (QED) is 0.630. The highest BCUT2D eigenvalue weighted by Gasteiger charge is 2.31. The Kier molecular flexibility index (Phi) is 7.39. The first kappa shape index (κ1) is 22.4. The first-order valence-corrected chi connectivity index (χ1v) is 11.2. The number of nitrogens with zero attached hydrogens (tertiary/aromatic N) is 1. The Balaban J connectivity index is 2.34. The van der Waals surface area contributed by atoms with Crippen LogP contribution in [0.1, 0.15) is 37.6 Å². The number of rotatable bonds is 9. The van der Waals surface area contributed by atoms with Crippen molar-refractivity contribution in [1.82, 2.24) is 0 Å². The molecule has 1 N–H and O–H groups in total. The van der Waals surface area contributed by atoms with Gasteiger partial charge in [-0.3, -0.25) is 13.9 Å². The molecule has 0 unspecified atom stereocenters. The zero-order chi connectivity index (χ0) is 21.6. The van der Waals surface area contributed by atoms with Crippen molar-refractivity contribution in [1.29, 1.82) is 0 Å². The highest BCUT2D eigenvalue weighted by atomic mass is 32.2. The van der Waals surface area contributed by atoms with Gasteiger partial charge in [-0.15, -0.1) is 0 Å². The van der Waals surface area contributed by atoms with Gasteiger partial charge in [-0.05, 0) is 56.7 Å². The van der Waals surface area contributed by atoms with E-state index in [0.29, 0.717) is 29.3 Å². The Labute approximate surface area is 171 Å². The fraction of sp³-hybridized carbons (Fsp3) is 0.333. The molecule has 0 aliphatic heterocycles. The number of carbonyl (C=O) groups is 2. The van der Waals surface area contributed by atoms with Crippen LogP contribution >= 0.6 is 0 Å². The molecule has 1 atom stereocenters. The van der Waals surface area contributed by atoms with Gasteiger partial charge in [-0.1, -0.05) is 19.1 Å². The third-order valence-corrected chi connectivity index (χ3v) is 5.45. The lowest BCUT2D eigenvalue weighted by atomic mass is 10.1. The number of nitrogens with one attached hydrogen (secondary N) is 1. The molecule has 0 saturated carbocycles. The molecular formula is C21H26N2O5S. The number of amides is 1. The molecule has 2 rings (SSSR count). The average Bonchev–Trinajstić information content (AvgIpc) is 2.66. The summed E-state index contributed by atoms with van der Waals surface area (Å²) >= 11 is 0. The van der Waals surface area contributed by atoms with Crippen molar-refractivity contribution >= 4 is 33.1 Å². The Bertz CT molecular complexity index is 971. The van der Waals surface area contributed by atoms with Crippen LogP contribution in [0, 0.1) is 0 Å². The van der Waals surface area contributed by atoms with Crippen molar-refractivity contribution in [2.75, 3.05) is 22.5 Å².